The van der Waals surface area contributed by atoms with Crippen molar-refractivity contribution in [2.75, 3.05) is 10.6 Å². The third-order valence-electron chi connectivity index (χ3n) is 6.46. The second-order valence-electron chi connectivity index (χ2n) is 10.6. The van der Waals surface area contributed by atoms with Crippen molar-refractivity contribution in [1.82, 2.24) is 29.9 Å². The number of pyridine rings is 2. The van der Waals surface area contributed by atoms with Gasteiger partial charge in [0, 0.05) is 59.0 Å². The molecule has 0 spiro atoms. The third kappa shape index (κ3) is 5.76. The molecule has 0 aliphatic carbocycles. The van der Waals surface area contributed by atoms with Gasteiger partial charge in [0.25, 0.3) is 0 Å². The number of hydrogen-bond acceptors (Lipinski definition) is 6. The highest BCUT2D eigenvalue weighted by Crippen LogP contribution is 2.29. The van der Waals surface area contributed by atoms with Crippen LogP contribution in [0.2, 0.25) is 0 Å². The number of rotatable bonds is 6. The smallest absolute Gasteiger partial charge is 0.324 e. The van der Waals surface area contributed by atoms with Crippen molar-refractivity contribution in [2.24, 2.45) is 0 Å². The van der Waals surface area contributed by atoms with Crippen LogP contribution in [0.4, 0.5) is 16.3 Å². The van der Waals surface area contributed by atoms with E-state index in [1.54, 1.807) is 59.8 Å². The van der Waals surface area contributed by atoms with E-state index in [1.165, 1.54) is 0 Å². The molecule has 0 aliphatic rings. The summed E-state index contributed by atoms with van der Waals surface area (Å²) in [6.07, 6.45) is 8.74. The minimum atomic E-state index is -0.385. The van der Waals surface area contributed by atoms with E-state index in [4.69, 9.17) is 9.84 Å². The Morgan fingerprint density at radius 3 is 2.51 bits per heavy atom. The highest BCUT2D eigenvalue weighted by Gasteiger charge is 2.22. The number of H-pyrrole nitrogens is 1. The van der Waals surface area contributed by atoms with E-state index >= 15 is 0 Å². The number of aromatic amines is 1. The lowest BCUT2D eigenvalue weighted by molar-refractivity contribution is 0.262. The summed E-state index contributed by atoms with van der Waals surface area (Å²) in [6, 6.07) is 20.2. The first-order chi connectivity index (χ1) is 19.8. The molecule has 6 rings (SSSR count). The number of fused-ring (bicyclic) bond motifs is 1. The Bertz CT molecular complexity index is 1820. The lowest BCUT2D eigenvalue weighted by Crippen LogP contribution is -2.21. The van der Waals surface area contributed by atoms with Gasteiger partial charge in [0.05, 0.1) is 23.3 Å². The summed E-state index contributed by atoms with van der Waals surface area (Å²) in [5.41, 5.74) is 3.72. The third-order valence-corrected chi connectivity index (χ3v) is 6.46. The highest BCUT2D eigenvalue weighted by molar-refractivity contribution is 5.99. The van der Waals surface area contributed by atoms with Crippen molar-refractivity contribution in [3.05, 3.63) is 103 Å². The second-order valence-corrected chi connectivity index (χ2v) is 10.6. The van der Waals surface area contributed by atoms with Gasteiger partial charge in [-0.15, -0.1) is 0 Å². The first-order valence-electron chi connectivity index (χ1n) is 13.1. The molecule has 0 unspecified atom stereocenters. The lowest BCUT2D eigenvalue weighted by Gasteiger charge is -2.14. The topological polar surface area (TPSA) is 123 Å². The molecule has 204 valence electrons. The van der Waals surface area contributed by atoms with Crippen LogP contribution in [0.1, 0.15) is 26.5 Å². The summed E-state index contributed by atoms with van der Waals surface area (Å²) in [4.78, 5) is 21.6. The maximum Gasteiger partial charge on any atom is 0.324 e. The molecule has 41 heavy (non-hydrogen) atoms. The average Bonchev–Trinajstić information content (AvgIpc) is 3.65. The van der Waals surface area contributed by atoms with E-state index in [9.17, 15) is 4.79 Å². The predicted octanol–water partition coefficient (Wildman–Crippen LogP) is 6.94. The van der Waals surface area contributed by atoms with Crippen LogP contribution >= 0.6 is 0 Å². The highest BCUT2D eigenvalue weighted by atomic mass is 16.5. The minimum Gasteiger partial charge on any atom is -0.457 e. The monoisotopic (exact) mass is 544 g/mol. The van der Waals surface area contributed by atoms with E-state index in [0.717, 1.165) is 33.4 Å². The van der Waals surface area contributed by atoms with Gasteiger partial charge in [-0.1, -0.05) is 26.8 Å². The molecule has 0 bridgehead atoms. The van der Waals surface area contributed by atoms with E-state index in [0.29, 0.717) is 23.0 Å². The van der Waals surface area contributed by atoms with E-state index in [-0.39, 0.29) is 11.4 Å². The Morgan fingerprint density at radius 2 is 1.73 bits per heavy atom. The van der Waals surface area contributed by atoms with Crippen LogP contribution in [0.5, 0.6) is 11.5 Å². The Hall–Kier alpha value is -5.51. The number of nitrogens with one attached hydrogen (secondary N) is 3. The first kappa shape index (κ1) is 25.8. The summed E-state index contributed by atoms with van der Waals surface area (Å²) < 4.78 is 7.74. The van der Waals surface area contributed by atoms with Crippen LogP contribution < -0.4 is 15.4 Å². The number of benzene rings is 2. The van der Waals surface area contributed by atoms with Crippen molar-refractivity contribution < 1.29 is 9.53 Å². The average molecular weight is 545 g/mol. The summed E-state index contributed by atoms with van der Waals surface area (Å²) in [7, 11) is 0. The standard InChI is InChI=1S/C31H28N8O2/c1-31(2,3)28-16-29(39(38-28)24-7-4-21-17-32-12-10-20(21)14-24)37-30(40)36-23-5-8-25(9-6-23)41-26-11-13-33-27(15-26)22-18-34-35-19-22/h4-19H,1-3H3,(H,34,35)(H2,36,37,40). The van der Waals surface area contributed by atoms with Crippen LogP contribution in [-0.4, -0.2) is 36.0 Å². The Labute approximate surface area is 236 Å². The number of nitrogens with zero attached hydrogens (tertiary/aromatic N) is 5. The van der Waals surface area contributed by atoms with E-state index in [2.05, 4.69) is 51.6 Å². The summed E-state index contributed by atoms with van der Waals surface area (Å²) >= 11 is 0. The molecule has 0 saturated carbocycles. The molecular formula is C31H28N8O2. The fourth-order valence-corrected chi connectivity index (χ4v) is 4.28. The largest absolute Gasteiger partial charge is 0.457 e. The number of carbonyl (C=O) groups excluding carboxylic acids is 1. The number of amides is 2. The molecule has 2 aromatic carbocycles. The van der Waals surface area contributed by atoms with Crippen LogP contribution in [-0.2, 0) is 5.41 Å². The zero-order chi connectivity index (χ0) is 28.4. The zero-order valence-corrected chi connectivity index (χ0v) is 22.8. The van der Waals surface area contributed by atoms with Gasteiger partial charge >= 0.3 is 6.03 Å². The molecule has 2 amide bonds. The molecule has 0 fully saturated rings. The van der Waals surface area contributed by atoms with Crippen molar-refractivity contribution >= 4 is 28.3 Å². The van der Waals surface area contributed by atoms with Gasteiger partial charge in [0.15, 0.2) is 0 Å². The van der Waals surface area contributed by atoms with Gasteiger partial charge in [0.2, 0.25) is 0 Å². The van der Waals surface area contributed by atoms with Gasteiger partial charge in [0.1, 0.15) is 17.3 Å². The summed E-state index contributed by atoms with van der Waals surface area (Å²) in [6.45, 7) is 6.26. The maximum atomic E-state index is 13.0. The lowest BCUT2D eigenvalue weighted by atomic mass is 9.92. The first-order valence-corrected chi connectivity index (χ1v) is 13.1. The Kier molecular flexibility index (Phi) is 6.64. The fourth-order valence-electron chi connectivity index (χ4n) is 4.28. The van der Waals surface area contributed by atoms with Crippen molar-refractivity contribution in [3.63, 3.8) is 0 Å². The van der Waals surface area contributed by atoms with Crippen molar-refractivity contribution in [2.45, 2.75) is 26.2 Å². The molecule has 0 atom stereocenters. The number of aromatic nitrogens is 6. The van der Waals surface area contributed by atoms with Gasteiger partial charge in [-0.3, -0.25) is 20.4 Å². The molecule has 0 radical (unpaired) electrons. The molecule has 0 aliphatic heterocycles. The number of urea groups is 1. The zero-order valence-electron chi connectivity index (χ0n) is 22.8. The van der Waals surface area contributed by atoms with Crippen LogP contribution in [0.25, 0.3) is 27.7 Å². The van der Waals surface area contributed by atoms with Crippen molar-refractivity contribution in [3.8, 4) is 28.4 Å². The molecule has 10 nitrogen and oxygen atoms in total. The predicted molar refractivity (Wildman–Crippen MR) is 159 cm³/mol. The molecule has 10 heteroatoms. The molecule has 3 N–H and O–H groups in total. The van der Waals surface area contributed by atoms with E-state index in [1.807, 2.05) is 42.6 Å². The van der Waals surface area contributed by atoms with Gasteiger partial charge in [-0.2, -0.15) is 10.2 Å². The van der Waals surface area contributed by atoms with Gasteiger partial charge in [-0.25, -0.2) is 9.48 Å². The molecule has 4 aromatic heterocycles. The summed E-state index contributed by atoms with van der Waals surface area (Å²) in [5.74, 6) is 1.83. The molecular weight excluding hydrogens is 516 g/mol. The van der Waals surface area contributed by atoms with Crippen molar-refractivity contribution in [1.29, 1.82) is 0 Å². The van der Waals surface area contributed by atoms with E-state index < -0.39 is 0 Å². The Balaban J connectivity index is 1.17. The maximum absolute atomic E-state index is 13.0. The summed E-state index contributed by atoms with van der Waals surface area (Å²) in [5, 5.41) is 19.5. The van der Waals surface area contributed by atoms with Crippen LogP contribution in [0.15, 0.2) is 97.7 Å². The molecule has 6 aromatic rings. The molecule has 0 saturated heterocycles. The number of ether oxygens (including phenoxy) is 1. The molecule has 4 heterocycles. The number of carbonyl (C=O) groups is 1. The van der Waals surface area contributed by atoms with Crippen LogP contribution in [0, 0.1) is 0 Å². The Morgan fingerprint density at radius 1 is 0.878 bits per heavy atom. The quantitative estimate of drug-likeness (QED) is 0.209. The minimum absolute atomic E-state index is 0.205. The van der Waals surface area contributed by atoms with Crippen LogP contribution in [0.3, 0.4) is 0 Å². The SMILES string of the molecule is CC(C)(C)c1cc(NC(=O)Nc2ccc(Oc3ccnc(-c4cn[nH]c4)c3)cc2)n(-c2ccc3cnccc3c2)n1. The second kappa shape index (κ2) is 10.6. The normalized spacial score (nSPS) is 11.4. The number of hydrogen-bond donors (Lipinski definition) is 3. The fraction of sp³-hybridized carbons (Fsp3) is 0.129. The van der Waals surface area contributed by atoms with Gasteiger partial charge in [-0.05, 0) is 53.9 Å². The van der Waals surface area contributed by atoms with Gasteiger partial charge < -0.3 is 10.1 Å². The number of anilines is 2.